The average molecular weight is 289 g/mol. The smallest absolute Gasteiger partial charge is 0.373 e. The fourth-order valence-electron chi connectivity index (χ4n) is 1.99. The molecule has 0 aliphatic rings. The van der Waals surface area contributed by atoms with Crippen molar-refractivity contribution in [1.82, 2.24) is 4.98 Å². The molecule has 0 aliphatic carbocycles. The maximum atomic E-state index is 11.2. The van der Waals surface area contributed by atoms with E-state index in [1.165, 1.54) is 0 Å². The number of benzene rings is 1. The Bertz CT molecular complexity index is 618. The van der Waals surface area contributed by atoms with E-state index in [1.807, 2.05) is 38.1 Å². The Hall–Kier alpha value is -2.30. The highest BCUT2D eigenvalue weighted by Gasteiger charge is 2.19. The van der Waals surface area contributed by atoms with Crippen molar-refractivity contribution < 1.29 is 19.1 Å². The number of nitrogens with zero attached hydrogens (tertiary/aromatic N) is 1. The lowest BCUT2D eigenvalue weighted by molar-refractivity contribution is 0.0661. The Morgan fingerprint density at radius 1 is 1.33 bits per heavy atom. The lowest BCUT2D eigenvalue weighted by Gasteiger charge is -2.04. The third-order valence-electron chi connectivity index (χ3n) is 2.93. The molecule has 0 unspecified atom stereocenters. The van der Waals surface area contributed by atoms with E-state index in [9.17, 15) is 4.79 Å². The topological polar surface area (TPSA) is 72.6 Å². The molecule has 0 radical (unpaired) electrons. The molecule has 0 bridgehead atoms. The van der Waals surface area contributed by atoms with Gasteiger partial charge in [0.15, 0.2) is 0 Å². The SMILES string of the molecule is CCCOc1cccc(-c2nc(CCC)c(C(=O)O)o2)c1. The van der Waals surface area contributed by atoms with Crippen molar-refractivity contribution in [3.63, 3.8) is 0 Å². The first-order valence-corrected chi connectivity index (χ1v) is 7.12. The van der Waals surface area contributed by atoms with Crippen molar-refractivity contribution in [3.05, 3.63) is 35.7 Å². The van der Waals surface area contributed by atoms with Crippen molar-refractivity contribution in [2.45, 2.75) is 33.1 Å². The van der Waals surface area contributed by atoms with Crippen LogP contribution in [0.5, 0.6) is 5.75 Å². The summed E-state index contributed by atoms with van der Waals surface area (Å²) in [6.07, 6.45) is 2.32. The van der Waals surface area contributed by atoms with Crippen LogP contribution in [0.4, 0.5) is 0 Å². The number of aryl methyl sites for hydroxylation is 1. The highest BCUT2D eigenvalue weighted by molar-refractivity contribution is 5.86. The van der Waals surface area contributed by atoms with E-state index in [4.69, 9.17) is 14.3 Å². The summed E-state index contributed by atoms with van der Waals surface area (Å²) in [5.41, 5.74) is 1.20. The van der Waals surface area contributed by atoms with Gasteiger partial charge in [0, 0.05) is 5.56 Å². The third kappa shape index (κ3) is 3.62. The van der Waals surface area contributed by atoms with Gasteiger partial charge in [0.1, 0.15) is 5.75 Å². The lowest BCUT2D eigenvalue weighted by atomic mass is 10.2. The van der Waals surface area contributed by atoms with E-state index < -0.39 is 5.97 Å². The summed E-state index contributed by atoms with van der Waals surface area (Å²) < 4.78 is 11.0. The second-order valence-electron chi connectivity index (χ2n) is 4.73. The number of carboxylic acid groups (broad SMARTS) is 1. The minimum absolute atomic E-state index is 0.0771. The van der Waals surface area contributed by atoms with Crippen LogP contribution in [0.1, 0.15) is 42.9 Å². The number of carbonyl (C=O) groups is 1. The van der Waals surface area contributed by atoms with Gasteiger partial charge in [-0.05, 0) is 31.0 Å². The highest BCUT2D eigenvalue weighted by Crippen LogP contribution is 2.26. The number of oxazole rings is 1. The molecule has 5 heteroatoms. The van der Waals surface area contributed by atoms with Gasteiger partial charge in [-0.25, -0.2) is 9.78 Å². The summed E-state index contributed by atoms with van der Waals surface area (Å²) >= 11 is 0. The highest BCUT2D eigenvalue weighted by atomic mass is 16.5. The molecule has 1 aromatic heterocycles. The van der Waals surface area contributed by atoms with Crippen LogP contribution in [-0.2, 0) is 6.42 Å². The number of aromatic carboxylic acids is 1. The van der Waals surface area contributed by atoms with Gasteiger partial charge < -0.3 is 14.3 Å². The van der Waals surface area contributed by atoms with Crippen molar-refractivity contribution >= 4 is 5.97 Å². The fourth-order valence-corrected chi connectivity index (χ4v) is 1.99. The maximum Gasteiger partial charge on any atom is 0.373 e. The molecule has 21 heavy (non-hydrogen) atoms. The number of hydrogen-bond donors (Lipinski definition) is 1. The van der Waals surface area contributed by atoms with Gasteiger partial charge in [0.2, 0.25) is 11.7 Å². The summed E-state index contributed by atoms with van der Waals surface area (Å²) in [5.74, 6) is -0.124. The molecule has 0 spiro atoms. The van der Waals surface area contributed by atoms with Gasteiger partial charge in [-0.3, -0.25) is 0 Å². The number of carboxylic acids is 1. The van der Waals surface area contributed by atoms with E-state index in [1.54, 1.807) is 0 Å². The largest absolute Gasteiger partial charge is 0.494 e. The Labute approximate surface area is 123 Å². The molecule has 2 aromatic rings. The zero-order valence-electron chi connectivity index (χ0n) is 12.3. The minimum Gasteiger partial charge on any atom is -0.494 e. The van der Waals surface area contributed by atoms with Crippen LogP contribution in [0, 0.1) is 0 Å². The quantitative estimate of drug-likeness (QED) is 0.839. The molecular formula is C16H19NO4. The molecule has 0 atom stereocenters. The van der Waals surface area contributed by atoms with E-state index in [2.05, 4.69) is 4.98 Å². The van der Waals surface area contributed by atoms with Gasteiger partial charge in [-0.2, -0.15) is 0 Å². The molecule has 0 saturated carbocycles. The number of hydrogen-bond acceptors (Lipinski definition) is 4. The van der Waals surface area contributed by atoms with Crippen LogP contribution in [0.2, 0.25) is 0 Å². The van der Waals surface area contributed by atoms with Crippen LogP contribution in [-0.4, -0.2) is 22.7 Å². The van der Waals surface area contributed by atoms with Crippen molar-refractivity contribution in [1.29, 1.82) is 0 Å². The second kappa shape index (κ2) is 6.92. The Morgan fingerprint density at radius 3 is 2.81 bits per heavy atom. The zero-order chi connectivity index (χ0) is 15.2. The molecule has 1 aromatic carbocycles. The third-order valence-corrected chi connectivity index (χ3v) is 2.93. The van der Waals surface area contributed by atoms with Crippen LogP contribution in [0.15, 0.2) is 28.7 Å². The zero-order valence-corrected chi connectivity index (χ0v) is 12.3. The lowest BCUT2D eigenvalue weighted by Crippen LogP contribution is -1.99. The van der Waals surface area contributed by atoms with Gasteiger partial charge in [0.05, 0.1) is 12.3 Å². The molecule has 2 rings (SSSR count). The molecule has 5 nitrogen and oxygen atoms in total. The van der Waals surface area contributed by atoms with Crippen molar-refractivity contribution in [2.75, 3.05) is 6.61 Å². The Balaban J connectivity index is 2.33. The van der Waals surface area contributed by atoms with Crippen LogP contribution >= 0.6 is 0 Å². The monoisotopic (exact) mass is 289 g/mol. The van der Waals surface area contributed by atoms with E-state index >= 15 is 0 Å². The first-order chi connectivity index (χ1) is 10.2. The average Bonchev–Trinajstić information content (AvgIpc) is 2.90. The summed E-state index contributed by atoms with van der Waals surface area (Å²) in [6.45, 7) is 4.64. The maximum absolute atomic E-state index is 11.2. The molecule has 1 N–H and O–H groups in total. The van der Waals surface area contributed by atoms with E-state index in [-0.39, 0.29) is 5.76 Å². The standard InChI is InChI=1S/C16H19NO4/c1-3-6-13-14(16(18)19)21-15(17-13)11-7-5-8-12(10-11)20-9-4-2/h5,7-8,10H,3-4,6,9H2,1-2H3,(H,18,19). The van der Waals surface area contributed by atoms with E-state index in [0.29, 0.717) is 30.2 Å². The molecule has 112 valence electrons. The van der Waals surface area contributed by atoms with Gasteiger partial charge >= 0.3 is 5.97 Å². The Kier molecular flexibility index (Phi) is 4.98. The molecule has 0 saturated heterocycles. The van der Waals surface area contributed by atoms with Crippen molar-refractivity contribution in [2.24, 2.45) is 0 Å². The number of aromatic nitrogens is 1. The van der Waals surface area contributed by atoms with Gasteiger partial charge in [-0.1, -0.05) is 26.3 Å². The minimum atomic E-state index is -1.09. The molecule has 0 aliphatic heterocycles. The summed E-state index contributed by atoms with van der Waals surface area (Å²) in [6, 6.07) is 7.33. The fraction of sp³-hybridized carbons (Fsp3) is 0.375. The predicted octanol–water partition coefficient (Wildman–Crippen LogP) is 3.78. The normalized spacial score (nSPS) is 10.6. The molecule has 0 fully saturated rings. The van der Waals surface area contributed by atoms with Gasteiger partial charge in [0.25, 0.3) is 0 Å². The molecular weight excluding hydrogens is 270 g/mol. The molecule has 0 amide bonds. The van der Waals surface area contributed by atoms with E-state index in [0.717, 1.165) is 18.6 Å². The Morgan fingerprint density at radius 2 is 2.14 bits per heavy atom. The predicted molar refractivity (Wildman–Crippen MR) is 78.7 cm³/mol. The van der Waals surface area contributed by atoms with Crippen LogP contribution < -0.4 is 4.74 Å². The molecule has 1 heterocycles. The second-order valence-corrected chi connectivity index (χ2v) is 4.73. The number of rotatable bonds is 7. The first kappa shape index (κ1) is 15.1. The summed E-state index contributed by atoms with van der Waals surface area (Å²) in [4.78, 5) is 15.5. The van der Waals surface area contributed by atoms with Crippen LogP contribution in [0.3, 0.4) is 0 Å². The van der Waals surface area contributed by atoms with Crippen LogP contribution in [0.25, 0.3) is 11.5 Å². The summed E-state index contributed by atoms with van der Waals surface area (Å²) in [5, 5.41) is 9.16. The van der Waals surface area contributed by atoms with Gasteiger partial charge in [-0.15, -0.1) is 0 Å². The van der Waals surface area contributed by atoms with Crippen molar-refractivity contribution in [3.8, 4) is 17.2 Å². The summed E-state index contributed by atoms with van der Waals surface area (Å²) in [7, 11) is 0. The first-order valence-electron chi connectivity index (χ1n) is 7.12. The number of ether oxygens (including phenoxy) is 1.